The molecule has 1 aromatic carbocycles. The molecule has 0 saturated heterocycles. The number of hydrogen-bond acceptors (Lipinski definition) is 4. The number of rotatable bonds is 3. The van der Waals surface area contributed by atoms with Crippen LogP contribution in [0.3, 0.4) is 0 Å². The van der Waals surface area contributed by atoms with Gasteiger partial charge in [0.1, 0.15) is 17.5 Å². The molecule has 1 unspecified atom stereocenters. The zero-order valence-corrected chi connectivity index (χ0v) is 12.9. The van der Waals surface area contributed by atoms with E-state index in [1.165, 1.54) is 19.2 Å². The van der Waals surface area contributed by atoms with E-state index in [0.717, 1.165) is 4.68 Å². The molecule has 0 aliphatic heterocycles. The number of carbonyl (C=O) groups is 1. The smallest absolute Gasteiger partial charge is 0.344 e. The van der Waals surface area contributed by atoms with Crippen LogP contribution in [-0.4, -0.2) is 15.7 Å². The molecule has 0 aliphatic rings. The second-order valence-electron chi connectivity index (χ2n) is 5.08. The van der Waals surface area contributed by atoms with Gasteiger partial charge < -0.3 is 4.74 Å². The molecule has 0 bridgehead atoms. The summed E-state index contributed by atoms with van der Waals surface area (Å²) in [6.45, 7) is 4.89. The molecule has 0 amide bonds. The van der Waals surface area contributed by atoms with Gasteiger partial charge in [0.25, 0.3) is 5.56 Å². The van der Waals surface area contributed by atoms with E-state index in [4.69, 9.17) is 4.74 Å². The van der Waals surface area contributed by atoms with Crippen molar-refractivity contribution < 1.29 is 13.9 Å². The Morgan fingerprint density at radius 1 is 1.32 bits per heavy atom. The summed E-state index contributed by atoms with van der Waals surface area (Å²) in [6.07, 6.45) is -0.800. The molecular weight excluding hydrogens is 287 g/mol. The third-order valence-electron chi connectivity index (χ3n) is 3.56. The highest BCUT2D eigenvalue weighted by atomic mass is 19.1. The van der Waals surface area contributed by atoms with Crippen LogP contribution < -0.4 is 5.56 Å². The summed E-state index contributed by atoms with van der Waals surface area (Å²) in [4.78, 5) is 24.4. The molecule has 1 heterocycles. The van der Waals surface area contributed by atoms with Crippen molar-refractivity contribution in [2.45, 2.75) is 26.9 Å². The van der Waals surface area contributed by atoms with E-state index in [-0.39, 0.29) is 11.1 Å². The van der Waals surface area contributed by atoms with Crippen molar-refractivity contribution in [1.82, 2.24) is 9.78 Å². The second kappa shape index (κ2) is 6.09. The summed E-state index contributed by atoms with van der Waals surface area (Å²) in [5.41, 5.74) is 0.685. The fourth-order valence-corrected chi connectivity index (χ4v) is 2.18. The summed E-state index contributed by atoms with van der Waals surface area (Å²) < 4.78 is 20.1. The zero-order valence-electron chi connectivity index (χ0n) is 12.9. The van der Waals surface area contributed by atoms with Crippen molar-refractivity contribution in [2.24, 2.45) is 7.05 Å². The number of carbonyl (C=O) groups excluding carboxylic acids is 1. The normalized spacial score (nSPS) is 12.0. The van der Waals surface area contributed by atoms with Gasteiger partial charge in [-0.2, -0.15) is 5.10 Å². The van der Waals surface area contributed by atoms with Gasteiger partial charge in [-0.05, 0) is 32.4 Å². The average molecular weight is 304 g/mol. The number of aromatic nitrogens is 2. The van der Waals surface area contributed by atoms with E-state index in [9.17, 15) is 14.0 Å². The molecule has 2 aromatic rings. The maximum absolute atomic E-state index is 13.7. The summed E-state index contributed by atoms with van der Waals surface area (Å²) in [6, 6.07) is 6.04. The van der Waals surface area contributed by atoms with E-state index in [0.29, 0.717) is 11.3 Å². The van der Waals surface area contributed by atoms with Crippen molar-refractivity contribution in [3.8, 4) is 0 Å². The molecule has 22 heavy (non-hydrogen) atoms. The first-order valence-electron chi connectivity index (χ1n) is 6.82. The van der Waals surface area contributed by atoms with Crippen molar-refractivity contribution in [2.75, 3.05) is 0 Å². The van der Waals surface area contributed by atoms with Crippen LogP contribution in [0, 0.1) is 19.7 Å². The lowest BCUT2D eigenvalue weighted by Crippen LogP contribution is -2.30. The largest absolute Gasteiger partial charge is 0.454 e. The van der Waals surface area contributed by atoms with Crippen molar-refractivity contribution in [1.29, 1.82) is 0 Å². The second-order valence-corrected chi connectivity index (χ2v) is 5.08. The molecule has 6 heteroatoms. The molecule has 5 nitrogen and oxygen atoms in total. The van der Waals surface area contributed by atoms with Gasteiger partial charge in [-0.1, -0.05) is 18.2 Å². The molecule has 2 rings (SSSR count). The maximum atomic E-state index is 13.7. The Bertz CT molecular complexity index is 783. The summed E-state index contributed by atoms with van der Waals surface area (Å²) in [5, 5.41) is 4.00. The van der Waals surface area contributed by atoms with Crippen molar-refractivity contribution in [3.05, 3.63) is 62.8 Å². The lowest BCUT2D eigenvalue weighted by atomic mass is 10.1. The number of nitrogens with zero attached hydrogens (tertiary/aromatic N) is 2. The third-order valence-corrected chi connectivity index (χ3v) is 3.56. The predicted molar refractivity (Wildman–Crippen MR) is 79.2 cm³/mol. The van der Waals surface area contributed by atoms with Crippen LogP contribution in [0.15, 0.2) is 29.1 Å². The average Bonchev–Trinajstić information content (AvgIpc) is 2.45. The summed E-state index contributed by atoms with van der Waals surface area (Å²) in [5.74, 6) is -1.24. The number of ether oxygens (including phenoxy) is 1. The fraction of sp³-hybridized carbons (Fsp3) is 0.312. The third kappa shape index (κ3) is 2.90. The Balaban J connectivity index is 2.35. The zero-order chi connectivity index (χ0) is 16.4. The number of esters is 1. The lowest BCUT2D eigenvalue weighted by molar-refractivity contribution is 0.0327. The first-order chi connectivity index (χ1) is 10.3. The van der Waals surface area contributed by atoms with Crippen LogP contribution in [-0.2, 0) is 11.8 Å². The monoisotopic (exact) mass is 304 g/mol. The van der Waals surface area contributed by atoms with Gasteiger partial charge in [0, 0.05) is 12.6 Å². The van der Waals surface area contributed by atoms with Crippen LogP contribution in [0.5, 0.6) is 0 Å². The summed E-state index contributed by atoms with van der Waals surface area (Å²) >= 11 is 0. The van der Waals surface area contributed by atoms with E-state index < -0.39 is 23.4 Å². The number of benzene rings is 1. The Hall–Kier alpha value is -2.50. The minimum Gasteiger partial charge on any atom is -0.454 e. The molecule has 1 atom stereocenters. The number of halogens is 1. The number of hydrogen-bond donors (Lipinski definition) is 0. The van der Waals surface area contributed by atoms with Gasteiger partial charge in [-0.25, -0.2) is 13.9 Å². The minimum atomic E-state index is -0.800. The van der Waals surface area contributed by atoms with Gasteiger partial charge in [-0.3, -0.25) is 4.79 Å². The standard InChI is InChI=1S/C16H17FN2O3/c1-9-10(2)18-19(4)15(20)14(9)16(21)22-11(3)12-7-5-6-8-13(12)17/h5-8,11H,1-4H3. The van der Waals surface area contributed by atoms with Crippen molar-refractivity contribution >= 4 is 5.97 Å². The van der Waals surface area contributed by atoms with Crippen LogP contribution in [0.4, 0.5) is 4.39 Å². The van der Waals surface area contributed by atoms with Crippen LogP contribution >= 0.6 is 0 Å². The van der Waals surface area contributed by atoms with Gasteiger partial charge in [0.15, 0.2) is 0 Å². The Labute approximate surface area is 127 Å². The van der Waals surface area contributed by atoms with Crippen LogP contribution in [0.25, 0.3) is 0 Å². The van der Waals surface area contributed by atoms with Gasteiger partial charge in [-0.15, -0.1) is 0 Å². The quantitative estimate of drug-likeness (QED) is 0.817. The predicted octanol–water partition coefficient (Wildman–Crippen LogP) is 2.45. The highest BCUT2D eigenvalue weighted by molar-refractivity contribution is 5.90. The highest BCUT2D eigenvalue weighted by Crippen LogP contribution is 2.21. The molecule has 0 saturated carbocycles. The first-order valence-corrected chi connectivity index (χ1v) is 6.82. The maximum Gasteiger partial charge on any atom is 0.344 e. The molecule has 1 aromatic heterocycles. The van der Waals surface area contributed by atoms with E-state index in [1.54, 1.807) is 32.9 Å². The SMILES string of the molecule is Cc1nn(C)c(=O)c(C(=O)OC(C)c2ccccc2F)c1C. The Morgan fingerprint density at radius 3 is 2.59 bits per heavy atom. The molecule has 116 valence electrons. The van der Waals surface area contributed by atoms with Gasteiger partial charge in [0.05, 0.1) is 5.69 Å². The fourth-order valence-electron chi connectivity index (χ4n) is 2.18. The number of aryl methyl sites for hydroxylation is 2. The Morgan fingerprint density at radius 2 is 1.95 bits per heavy atom. The Kier molecular flexibility index (Phi) is 4.40. The molecule has 0 spiro atoms. The van der Waals surface area contributed by atoms with Crippen LogP contribution in [0.1, 0.15) is 40.2 Å². The van der Waals surface area contributed by atoms with E-state index >= 15 is 0 Å². The highest BCUT2D eigenvalue weighted by Gasteiger charge is 2.22. The van der Waals surface area contributed by atoms with Crippen LogP contribution in [0.2, 0.25) is 0 Å². The molecule has 0 fully saturated rings. The molecule has 0 N–H and O–H groups in total. The van der Waals surface area contributed by atoms with E-state index in [2.05, 4.69) is 5.10 Å². The van der Waals surface area contributed by atoms with E-state index in [1.807, 2.05) is 0 Å². The van der Waals surface area contributed by atoms with Gasteiger partial charge >= 0.3 is 5.97 Å². The van der Waals surface area contributed by atoms with Crippen molar-refractivity contribution in [3.63, 3.8) is 0 Å². The van der Waals surface area contributed by atoms with Gasteiger partial charge in [0.2, 0.25) is 0 Å². The topological polar surface area (TPSA) is 61.2 Å². The molecular formula is C16H17FN2O3. The molecule has 0 aliphatic carbocycles. The minimum absolute atomic E-state index is 0.0711. The summed E-state index contributed by atoms with van der Waals surface area (Å²) in [7, 11) is 1.46. The lowest BCUT2D eigenvalue weighted by Gasteiger charge is -2.15. The first kappa shape index (κ1) is 15.9. The molecule has 0 radical (unpaired) electrons.